The first-order valence-electron chi connectivity index (χ1n) is 7.43. The molecular formula is C16H21N2O2+. The molecule has 0 radical (unpaired) electrons. The zero-order chi connectivity index (χ0) is 14.1. The van der Waals surface area contributed by atoms with Crippen molar-refractivity contribution in [2.45, 2.75) is 51.1 Å². The van der Waals surface area contributed by atoms with Crippen molar-refractivity contribution in [2.75, 3.05) is 4.90 Å². The third-order valence-electron chi connectivity index (χ3n) is 4.38. The van der Waals surface area contributed by atoms with Crippen LogP contribution in [0.2, 0.25) is 0 Å². The number of anilines is 1. The van der Waals surface area contributed by atoms with Gasteiger partial charge in [0.05, 0.1) is 18.2 Å². The van der Waals surface area contributed by atoms with Crippen molar-refractivity contribution in [2.24, 2.45) is 0 Å². The highest BCUT2D eigenvalue weighted by molar-refractivity contribution is 6.21. The van der Waals surface area contributed by atoms with Gasteiger partial charge in [0.25, 0.3) is 5.91 Å². The Bertz CT molecular complexity index is 518. The van der Waals surface area contributed by atoms with E-state index in [0.29, 0.717) is 18.2 Å². The lowest BCUT2D eigenvalue weighted by Crippen LogP contribution is -2.95. The Labute approximate surface area is 119 Å². The Morgan fingerprint density at radius 3 is 2.40 bits per heavy atom. The minimum atomic E-state index is -0.216. The minimum absolute atomic E-state index is 0.0502. The van der Waals surface area contributed by atoms with Crippen molar-refractivity contribution < 1.29 is 14.9 Å². The molecule has 1 aromatic carbocycles. The van der Waals surface area contributed by atoms with Gasteiger partial charge < -0.3 is 5.32 Å². The van der Waals surface area contributed by atoms with Crippen molar-refractivity contribution in [1.82, 2.24) is 0 Å². The van der Waals surface area contributed by atoms with Gasteiger partial charge in [-0.3, -0.25) is 9.59 Å². The standard InChI is InChI=1S/C16H20N2O2/c1-11-6-8-13(9-7-11)18-15(19)10-14(16(18)20)17-12-4-2-3-5-12/h6-9,12,14,17H,2-5,10H2,1H3/p+1/t14-/m0/s1. The third kappa shape index (κ3) is 2.48. The first kappa shape index (κ1) is 13.3. The van der Waals surface area contributed by atoms with Crippen LogP contribution in [0.5, 0.6) is 0 Å². The Hall–Kier alpha value is -1.68. The van der Waals surface area contributed by atoms with Crippen LogP contribution in [0.4, 0.5) is 5.69 Å². The third-order valence-corrected chi connectivity index (χ3v) is 4.38. The SMILES string of the molecule is Cc1ccc(N2C(=O)C[C@H]([NH2+]C3CCCC3)C2=O)cc1. The van der Waals surface area contributed by atoms with Crippen molar-refractivity contribution in [3.63, 3.8) is 0 Å². The van der Waals surface area contributed by atoms with E-state index in [1.54, 1.807) is 0 Å². The molecule has 106 valence electrons. The van der Waals surface area contributed by atoms with Crippen molar-refractivity contribution in [3.05, 3.63) is 29.8 Å². The molecule has 4 nitrogen and oxygen atoms in total. The second kappa shape index (κ2) is 5.37. The van der Waals surface area contributed by atoms with E-state index >= 15 is 0 Å². The largest absolute Gasteiger partial charge is 0.333 e. The highest BCUT2D eigenvalue weighted by Crippen LogP contribution is 2.23. The summed E-state index contributed by atoms with van der Waals surface area (Å²) in [5, 5.41) is 2.13. The highest BCUT2D eigenvalue weighted by Gasteiger charge is 2.43. The fraction of sp³-hybridized carbons (Fsp3) is 0.500. The summed E-state index contributed by atoms with van der Waals surface area (Å²) in [6, 6.07) is 7.88. The number of amides is 2. The van der Waals surface area contributed by atoms with Crippen LogP contribution in [0.3, 0.4) is 0 Å². The molecule has 1 aromatic rings. The Morgan fingerprint density at radius 2 is 1.75 bits per heavy atom. The highest BCUT2D eigenvalue weighted by atomic mass is 16.2. The van der Waals surface area contributed by atoms with Gasteiger partial charge in [0.15, 0.2) is 6.04 Å². The van der Waals surface area contributed by atoms with Gasteiger partial charge in [-0.25, -0.2) is 4.90 Å². The van der Waals surface area contributed by atoms with Crippen LogP contribution in [-0.2, 0) is 9.59 Å². The first-order valence-corrected chi connectivity index (χ1v) is 7.43. The predicted octanol–water partition coefficient (Wildman–Crippen LogP) is 1.13. The quantitative estimate of drug-likeness (QED) is 0.839. The number of hydrogen-bond acceptors (Lipinski definition) is 2. The zero-order valence-electron chi connectivity index (χ0n) is 11.8. The molecule has 1 heterocycles. The predicted molar refractivity (Wildman–Crippen MR) is 76.3 cm³/mol. The average Bonchev–Trinajstić information content (AvgIpc) is 3.02. The first-order chi connectivity index (χ1) is 9.65. The van der Waals surface area contributed by atoms with Gasteiger partial charge in [-0.1, -0.05) is 17.7 Å². The smallest absolute Gasteiger partial charge is 0.292 e. The van der Waals surface area contributed by atoms with Crippen LogP contribution < -0.4 is 10.2 Å². The molecule has 2 N–H and O–H groups in total. The van der Waals surface area contributed by atoms with E-state index in [1.807, 2.05) is 31.2 Å². The summed E-state index contributed by atoms with van der Waals surface area (Å²) in [6.45, 7) is 1.99. The maximum Gasteiger partial charge on any atom is 0.292 e. The lowest BCUT2D eigenvalue weighted by molar-refractivity contribution is -0.706. The molecule has 1 saturated carbocycles. The van der Waals surface area contributed by atoms with E-state index in [0.717, 1.165) is 5.56 Å². The molecule has 0 aromatic heterocycles. The molecule has 0 bridgehead atoms. The fourth-order valence-electron chi connectivity index (χ4n) is 3.25. The number of imide groups is 1. The summed E-state index contributed by atoms with van der Waals surface area (Å²) in [4.78, 5) is 26.0. The number of carbonyl (C=O) groups excluding carboxylic acids is 2. The lowest BCUT2D eigenvalue weighted by Gasteiger charge is -2.16. The van der Waals surface area contributed by atoms with Crippen LogP contribution in [0.1, 0.15) is 37.7 Å². The van der Waals surface area contributed by atoms with E-state index in [-0.39, 0.29) is 17.9 Å². The molecule has 3 rings (SSSR count). The second-order valence-electron chi connectivity index (χ2n) is 5.95. The zero-order valence-corrected chi connectivity index (χ0v) is 11.8. The molecule has 20 heavy (non-hydrogen) atoms. The Kier molecular flexibility index (Phi) is 3.57. The number of hydrogen-bond donors (Lipinski definition) is 1. The summed E-state index contributed by atoms with van der Waals surface area (Å²) in [5.74, 6) is -0.121. The number of nitrogens with zero attached hydrogens (tertiary/aromatic N) is 1. The van der Waals surface area contributed by atoms with Crippen LogP contribution in [0, 0.1) is 6.92 Å². The number of benzene rings is 1. The van der Waals surface area contributed by atoms with Crippen LogP contribution in [-0.4, -0.2) is 23.9 Å². The molecule has 0 spiro atoms. The molecule has 2 aliphatic rings. The molecule has 1 atom stereocenters. The van der Waals surface area contributed by atoms with Crippen molar-refractivity contribution in [1.29, 1.82) is 0 Å². The van der Waals surface area contributed by atoms with Gasteiger partial charge in [0, 0.05) is 0 Å². The van der Waals surface area contributed by atoms with Gasteiger partial charge in [-0.05, 0) is 44.7 Å². The molecule has 0 unspecified atom stereocenters. The van der Waals surface area contributed by atoms with E-state index in [1.165, 1.54) is 30.6 Å². The summed E-state index contributed by atoms with van der Waals surface area (Å²) in [7, 11) is 0. The van der Waals surface area contributed by atoms with Crippen molar-refractivity contribution >= 4 is 17.5 Å². The van der Waals surface area contributed by atoms with Crippen LogP contribution in [0.25, 0.3) is 0 Å². The van der Waals surface area contributed by atoms with Gasteiger partial charge in [-0.15, -0.1) is 0 Å². The fourth-order valence-corrected chi connectivity index (χ4v) is 3.25. The summed E-state index contributed by atoms with van der Waals surface area (Å²) >= 11 is 0. The van der Waals surface area contributed by atoms with Crippen LogP contribution >= 0.6 is 0 Å². The normalized spacial score (nSPS) is 23.9. The number of aryl methyl sites for hydroxylation is 1. The lowest BCUT2D eigenvalue weighted by atomic mass is 10.2. The Morgan fingerprint density at radius 1 is 1.10 bits per heavy atom. The molecule has 2 fully saturated rings. The number of quaternary nitrogens is 1. The monoisotopic (exact) mass is 273 g/mol. The maximum atomic E-state index is 12.5. The summed E-state index contributed by atoms with van der Waals surface area (Å²) in [5.41, 5.74) is 1.83. The van der Waals surface area contributed by atoms with E-state index in [4.69, 9.17) is 0 Å². The number of carbonyl (C=O) groups is 2. The maximum absolute atomic E-state index is 12.5. The van der Waals surface area contributed by atoms with E-state index in [9.17, 15) is 9.59 Å². The van der Waals surface area contributed by atoms with Gasteiger partial charge in [0.2, 0.25) is 5.91 Å². The molecule has 1 saturated heterocycles. The molecule has 1 aliphatic heterocycles. The minimum Gasteiger partial charge on any atom is -0.333 e. The number of rotatable bonds is 3. The van der Waals surface area contributed by atoms with E-state index in [2.05, 4.69) is 5.32 Å². The Balaban J connectivity index is 1.74. The average molecular weight is 273 g/mol. The van der Waals surface area contributed by atoms with Crippen molar-refractivity contribution in [3.8, 4) is 0 Å². The van der Waals surface area contributed by atoms with Crippen LogP contribution in [0.15, 0.2) is 24.3 Å². The van der Waals surface area contributed by atoms with Gasteiger partial charge in [0.1, 0.15) is 0 Å². The molecule has 4 heteroatoms. The van der Waals surface area contributed by atoms with Gasteiger partial charge >= 0.3 is 0 Å². The number of nitrogens with two attached hydrogens (primary N) is 1. The molecule has 1 aliphatic carbocycles. The molecule has 2 amide bonds. The molecular weight excluding hydrogens is 252 g/mol. The summed E-state index contributed by atoms with van der Waals surface area (Å²) < 4.78 is 0. The van der Waals surface area contributed by atoms with E-state index < -0.39 is 0 Å². The summed E-state index contributed by atoms with van der Waals surface area (Å²) in [6.07, 6.45) is 5.17. The van der Waals surface area contributed by atoms with Gasteiger partial charge in [-0.2, -0.15) is 0 Å². The topological polar surface area (TPSA) is 54.0 Å². The second-order valence-corrected chi connectivity index (χ2v) is 5.95.